The number of hydrogen-bond donors (Lipinski definition) is 0. The second-order valence-corrected chi connectivity index (χ2v) is 6.73. The lowest BCUT2D eigenvalue weighted by Crippen LogP contribution is -2.29. The van der Waals surface area contributed by atoms with E-state index >= 15 is 0 Å². The average molecular weight is 295 g/mol. The van der Waals surface area contributed by atoms with Gasteiger partial charge in [0.1, 0.15) is 0 Å². The van der Waals surface area contributed by atoms with Gasteiger partial charge in [-0.3, -0.25) is 4.98 Å². The second-order valence-electron chi connectivity index (χ2n) is 6.73. The maximum absolute atomic E-state index is 4.81. The van der Waals surface area contributed by atoms with E-state index in [2.05, 4.69) is 41.0 Å². The van der Waals surface area contributed by atoms with E-state index in [0.29, 0.717) is 0 Å². The van der Waals surface area contributed by atoms with Crippen molar-refractivity contribution in [3.8, 4) is 0 Å². The first-order chi connectivity index (χ1) is 10.8. The summed E-state index contributed by atoms with van der Waals surface area (Å²) in [5.74, 6) is 0. The molecule has 0 radical (unpaired) electrons. The van der Waals surface area contributed by atoms with Crippen molar-refractivity contribution >= 4 is 22.3 Å². The van der Waals surface area contributed by atoms with E-state index in [1.807, 2.05) is 0 Å². The summed E-state index contributed by atoms with van der Waals surface area (Å²) in [7, 11) is 0. The van der Waals surface area contributed by atoms with Gasteiger partial charge in [0, 0.05) is 48.6 Å². The van der Waals surface area contributed by atoms with Gasteiger partial charge in [-0.15, -0.1) is 0 Å². The van der Waals surface area contributed by atoms with Crippen LogP contribution < -0.4 is 9.80 Å². The molecule has 0 unspecified atom stereocenters. The van der Waals surface area contributed by atoms with Crippen LogP contribution in [-0.4, -0.2) is 31.2 Å². The number of nitrogens with zero attached hydrogens (tertiary/aromatic N) is 3. The SMILES string of the molecule is Cc1cc(N2CCCC2)c2ccc(N3CCCCC3)cc2n1. The van der Waals surface area contributed by atoms with Crippen LogP contribution in [0.1, 0.15) is 37.8 Å². The molecule has 0 atom stereocenters. The van der Waals surface area contributed by atoms with Crippen molar-refractivity contribution in [2.75, 3.05) is 36.0 Å². The van der Waals surface area contributed by atoms with Gasteiger partial charge < -0.3 is 9.80 Å². The first-order valence-electron chi connectivity index (χ1n) is 8.72. The molecule has 0 bridgehead atoms. The third-order valence-corrected chi connectivity index (χ3v) is 5.07. The average Bonchev–Trinajstić information content (AvgIpc) is 3.08. The van der Waals surface area contributed by atoms with Crippen LogP contribution >= 0.6 is 0 Å². The minimum Gasteiger partial charge on any atom is -0.371 e. The molecule has 1 aromatic carbocycles. The molecule has 3 heterocycles. The number of pyridine rings is 1. The van der Waals surface area contributed by atoms with Crippen LogP contribution in [0.5, 0.6) is 0 Å². The van der Waals surface area contributed by atoms with Gasteiger partial charge in [-0.2, -0.15) is 0 Å². The molecule has 116 valence electrons. The first-order valence-corrected chi connectivity index (χ1v) is 8.72. The quantitative estimate of drug-likeness (QED) is 0.830. The molecule has 1 aromatic heterocycles. The third kappa shape index (κ3) is 2.53. The second kappa shape index (κ2) is 5.79. The lowest BCUT2D eigenvalue weighted by atomic mass is 10.1. The summed E-state index contributed by atoms with van der Waals surface area (Å²) in [5, 5.41) is 1.31. The van der Waals surface area contributed by atoms with E-state index in [4.69, 9.17) is 4.98 Å². The van der Waals surface area contributed by atoms with E-state index in [1.54, 1.807) is 0 Å². The fourth-order valence-corrected chi connectivity index (χ4v) is 3.90. The number of hydrogen-bond acceptors (Lipinski definition) is 3. The molecule has 0 aliphatic carbocycles. The predicted molar refractivity (Wildman–Crippen MR) is 94.0 cm³/mol. The number of benzene rings is 1. The maximum atomic E-state index is 4.81. The molecule has 2 aromatic rings. The van der Waals surface area contributed by atoms with E-state index in [1.165, 1.54) is 75.0 Å². The lowest BCUT2D eigenvalue weighted by Gasteiger charge is -2.29. The molecule has 22 heavy (non-hydrogen) atoms. The van der Waals surface area contributed by atoms with E-state index in [9.17, 15) is 0 Å². The van der Waals surface area contributed by atoms with E-state index in [-0.39, 0.29) is 0 Å². The van der Waals surface area contributed by atoms with Gasteiger partial charge in [0.2, 0.25) is 0 Å². The van der Waals surface area contributed by atoms with Crippen LogP contribution in [0, 0.1) is 6.92 Å². The number of piperidine rings is 1. The predicted octanol–water partition coefficient (Wildman–Crippen LogP) is 4.13. The Morgan fingerprint density at radius 3 is 2.27 bits per heavy atom. The molecule has 3 nitrogen and oxygen atoms in total. The third-order valence-electron chi connectivity index (χ3n) is 5.07. The molecule has 0 saturated carbocycles. The van der Waals surface area contributed by atoms with Crippen LogP contribution in [0.4, 0.5) is 11.4 Å². The zero-order valence-corrected chi connectivity index (χ0v) is 13.5. The van der Waals surface area contributed by atoms with Gasteiger partial charge in [-0.1, -0.05) is 0 Å². The first kappa shape index (κ1) is 13.9. The van der Waals surface area contributed by atoms with Crippen LogP contribution in [0.3, 0.4) is 0 Å². The van der Waals surface area contributed by atoms with Crippen LogP contribution in [0.2, 0.25) is 0 Å². The summed E-state index contributed by atoms with van der Waals surface area (Å²) >= 11 is 0. The Bertz CT molecular complexity index is 668. The molecule has 0 spiro atoms. The molecule has 2 saturated heterocycles. The summed E-state index contributed by atoms with van der Waals surface area (Å²) in [6.07, 6.45) is 6.64. The number of aromatic nitrogens is 1. The topological polar surface area (TPSA) is 19.4 Å². The minimum absolute atomic E-state index is 1.13. The standard InChI is InChI=1S/C19H25N3/c1-15-13-19(22-11-5-6-12-22)17-8-7-16(14-18(17)20-15)21-9-3-2-4-10-21/h7-8,13-14H,2-6,9-12H2,1H3. The van der Waals surface area contributed by atoms with E-state index in [0.717, 1.165) is 11.2 Å². The Kier molecular flexibility index (Phi) is 3.65. The Morgan fingerprint density at radius 2 is 1.50 bits per heavy atom. The molecular formula is C19H25N3. The molecule has 2 fully saturated rings. The fourth-order valence-electron chi connectivity index (χ4n) is 3.90. The molecular weight excluding hydrogens is 270 g/mol. The lowest BCUT2D eigenvalue weighted by molar-refractivity contribution is 0.578. The molecule has 4 rings (SSSR count). The molecule has 0 amide bonds. The summed E-state index contributed by atoms with van der Waals surface area (Å²) in [5.41, 5.74) is 5.01. The van der Waals surface area contributed by atoms with Crippen molar-refractivity contribution in [1.82, 2.24) is 4.98 Å². The normalized spacial score (nSPS) is 19.1. The number of fused-ring (bicyclic) bond motifs is 1. The Labute approximate surface area is 132 Å². The summed E-state index contributed by atoms with van der Waals surface area (Å²) in [6, 6.07) is 9.14. The smallest absolute Gasteiger partial charge is 0.0746 e. The molecule has 3 heteroatoms. The van der Waals surface area contributed by atoms with Crippen molar-refractivity contribution in [2.45, 2.75) is 39.0 Å². The van der Waals surface area contributed by atoms with Gasteiger partial charge in [-0.05, 0) is 63.3 Å². The minimum atomic E-state index is 1.13. The molecule has 2 aliphatic rings. The maximum Gasteiger partial charge on any atom is 0.0746 e. The van der Waals surface area contributed by atoms with Gasteiger partial charge in [0.25, 0.3) is 0 Å². The van der Waals surface area contributed by atoms with Gasteiger partial charge in [0.05, 0.1) is 5.52 Å². The number of rotatable bonds is 2. The van der Waals surface area contributed by atoms with Crippen LogP contribution in [0.15, 0.2) is 24.3 Å². The monoisotopic (exact) mass is 295 g/mol. The zero-order valence-electron chi connectivity index (χ0n) is 13.5. The largest absolute Gasteiger partial charge is 0.371 e. The van der Waals surface area contributed by atoms with Gasteiger partial charge >= 0.3 is 0 Å². The highest BCUT2D eigenvalue weighted by Crippen LogP contribution is 2.32. The van der Waals surface area contributed by atoms with Crippen molar-refractivity contribution in [3.63, 3.8) is 0 Å². The summed E-state index contributed by atoms with van der Waals surface area (Å²) in [4.78, 5) is 9.85. The van der Waals surface area contributed by atoms with E-state index < -0.39 is 0 Å². The number of aryl methyl sites for hydroxylation is 1. The Balaban J connectivity index is 1.75. The van der Waals surface area contributed by atoms with Crippen molar-refractivity contribution < 1.29 is 0 Å². The highest BCUT2D eigenvalue weighted by molar-refractivity contribution is 5.94. The zero-order chi connectivity index (χ0) is 14.9. The summed E-state index contributed by atoms with van der Waals surface area (Å²) < 4.78 is 0. The van der Waals surface area contributed by atoms with Crippen molar-refractivity contribution in [2.24, 2.45) is 0 Å². The highest BCUT2D eigenvalue weighted by Gasteiger charge is 2.17. The van der Waals surface area contributed by atoms with Crippen LogP contribution in [0.25, 0.3) is 10.9 Å². The number of anilines is 2. The molecule has 2 aliphatic heterocycles. The fraction of sp³-hybridized carbons (Fsp3) is 0.526. The Morgan fingerprint density at radius 1 is 0.818 bits per heavy atom. The molecule has 0 N–H and O–H groups in total. The van der Waals surface area contributed by atoms with Gasteiger partial charge in [0.15, 0.2) is 0 Å². The van der Waals surface area contributed by atoms with Crippen molar-refractivity contribution in [1.29, 1.82) is 0 Å². The highest BCUT2D eigenvalue weighted by atomic mass is 15.1. The van der Waals surface area contributed by atoms with Crippen LogP contribution in [-0.2, 0) is 0 Å². The Hall–Kier alpha value is -1.77. The summed E-state index contributed by atoms with van der Waals surface area (Å²) in [6.45, 7) is 6.87. The van der Waals surface area contributed by atoms with Gasteiger partial charge in [-0.25, -0.2) is 0 Å². The van der Waals surface area contributed by atoms with Crippen molar-refractivity contribution in [3.05, 3.63) is 30.0 Å².